The molecule has 4 aromatic rings. The van der Waals surface area contributed by atoms with Gasteiger partial charge in [0, 0.05) is 4.88 Å². The number of nitrogens with zero attached hydrogens (tertiary/aromatic N) is 3. The van der Waals surface area contributed by atoms with Crippen LogP contribution < -0.4 is 15.4 Å². The molecule has 2 N–H and O–H groups in total. The number of para-hydroxylation sites is 2. The highest BCUT2D eigenvalue weighted by atomic mass is 32.2. The fourth-order valence-electron chi connectivity index (χ4n) is 4.78. The summed E-state index contributed by atoms with van der Waals surface area (Å²) in [5, 5.41) is 14.5. The van der Waals surface area contributed by atoms with Crippen molar-refractivity contribution in [3.05, 3.63) is 81.7 Å². The second-order valence-corrected chi connectivity index (χ2v) is 12.0. The number of anilines is 1. The number of esters is 1. The molecule has 1 atom stereocenters. The summed E-state index contributed by atoms with van der Waals surface area (Å²) in [6.07, 6.45) is 2.61. The standard InChI is InChI=1S/C30H30FN5O5S2/c1-4-41-29(39)25-19-11-9-15-23(19)43-28(25)33-26(37)17(2)42-30-35-34-24(36(30)21-13-7-8-14-22(21)40-3)16-32-27(38)18-10-5-6-12-20(18)31/h5-8,10,12-14,17H,4,9,11,15-16H2,1-3H3,(H,32,38)(H,33,37). The van der Waals surface area contributed by atoms with Crippen LogP contribution in [0.3, 0.4) is 0 Å². The van der Waals surface area contributed by atoms with Gasteiger partial charge in [-0.3, -0.25) is 14.2 Å². The first-order valence-electron chi connectivity index (χ1n) is 13.7. The van der Waals surface area contributed by atoms with Crippen molar-refractivity contribution < 1.29 is 28.2 Å². The van der Waals surface area contributed by atoms with Gasteiger partial charge in [-0.05, 0) is 62.9 Å². The summed E-state index contributed by atoms with van der Waals surface area (Å²) in [6.45, 7) is 3.65. The minimum absolute atomic E-state index is 0.0665. The van der Waals surface area contributed by atoms with Gasteiger partial charge < -0.3 is 20.1 Å². The predicted molar refractivity (Wildman–Crippen MR) is 162 cm³/mol. The number of fused-ring (bicyclic) bond motifs is 1. The summed E-state index contributed by atoms with van der Waals surface area (Å²) in [7, 11) is 1.53. The number of carbonyl (C=O) groups is 3. The molecule has 1 unspecified atom stereocenters. The molecular weight excluding hydrogens is 593 g/mol. The van der Waals surface area contributed by atoms with E-state index >= 15 is 0 Å². The summed E-state index contributed by atoms with van der Waals surface area (Å²) in [6, 6.07) is 12.9. The molecule has 2 heterocycles. The van der Waals surface area contributed by atoms with Crippen molar-refractivity contribution in [2.45, 2.75) is 50.1 Å². The zero-order valence-corrected chi connectivity index (χ0v) is 25.4. The van der Waals surface area contributed by atoms with Gasteiger partial charge in [0.15, 0.2) is 11.0 Å². The Balaban J connectivity index is 1.39. The van der Waals surface area contributed by atoms with Crippen molar-refractivity contribution in [2.75, 3.05) is 19.0 Å². The van der Waals surface area contributed by atoms with E-state index in [1.54, 1.807) is 36.6 Å². The van der Waals surface area contributed by atoms with Crippen LogP contribution in [0.2, 0.25) is 0 Å². The summed E-state index contributed by atoms with van der Waals surface area (Å²) >= 11 is 2.57. The highest BCUT2D eigenvalue weighted by Gasteiger charge is 2.30. The van der Waals surface area contributed by atoms with Gasteiger partial charge in [-0.1, -0.05) is 36.0 Å². The molecule has 224 valence electrons. The van der Waals surface area contributed by atoms with Crippen molar-refractivity contribution in [1.82, 2.24) is 20.1 Å². The maximum atomic E-state index is 14.2. The first-order chi connectivity index (χ1) is 20.8. The number of rotatable bonds is 11. The highest BCUT2D eigenvalue weighted by molar-refractivity contribution is 8.00. The fourth-order valence-corrected chi connectivity index (χ4v) is 6.94. The number of nitrogens with one attached hydrogen (secondary N) is 2. The van der Waals surface area contributed by atoms with E-state index in [9.17, 15) is 18.8 Å². The minimum atomic E-state index is -0.648. The molecule has 43 heavy (non-hydrogen) atoms. The SMILES string of the molecule is CCOC(=O)c1c(NC(=O)C(C)Sc2nnc(CNC(=O)c3ccccc3F)n2-c2ccccc2OC)sc2c1CCC2. The van der Waals surface area contributed by atoms with Crippen LogP contribution in [0.15, 0.2) is 53.7 Å². The summed E-state index contributed by atoms with van der Waals surface area (Å²) < 4.78 is 26.7. The number of halogens is 1. The molecule has 1 aliphatic carbocycles. The highest BCUT2D eigenvalue weighted by Crippen LogP contribution is 2.40. The van der Waals surface area contributed by atoms with E-state index in [0.717, 1.165) is 41.5 Å². The molecule has 2 aromatic carbocycles. The number of aromatic nitrogens is 3. The quantitative estimate of drug-likeness (QED) is 0.173. The van der Waals surface area contributed by atoms with Crippen molar-refractivity contribution in [3.63, 3.8) is 0 Å². The first-order valence-corrected chi connectivity index (χ1v) is 15.4. The number of carbonyl (C=O) groups excluding carboxylic acids is 3. The Labute approximate surface area is 256 Å². The zero-order chi connectivity index (χ0) is 30.5. The van der Waals surface area contributed by atoms with Gasteiger partial charge in [-0.2, -0.15) is 0 Å². The van der Waals surface area contributed by atoms with E-state index < -0.39 is 22.9 Å². The van der Waals surface area contributed by atoms with E-state index in [1.807, 2.05) is 12.1 Å². The number of hydrogen-bond donors (Lipinski definition) is 2. The van der Waals surface area contributed by atoms with Gasteiger partial charge in [-0.15, -0.1) is 21.5 Å². The Kier molecular flexibility index (Phi) is 9.41. The molecular formula is C30H30FN5O5S2. The Morgan fingerprint density at radius 2 is 1.88 bits per heavy atom. The molecule has 13 heteroatoms. The number of benzene rings is 2. The first kappa shape index (κ1) is 30.2. The molecule has 0 bridgehead atoms. The Morgan fingerprint density at radius 3 is 2.65 bits per heavy atom. The average molecular weight is 624 g/mol. The molecule has 0 spiro atoms. The van der Waals surface area contributed by atoms with E-state index in [0.29, 0.717) is 33.0 Å². The lowest BCUT2D eigenvalue weighted by Gasteiger charge is -2.16. The lowest BCUT2D eigenvalue weighted by molar-refractivity contribution is -0.115. The molecule has 0 fully saturated rings. The molecule has 10 nitrogen and oxygen atoms in total. The average Bonchev–Trinajstić information content (AvgIpc) is 3.71. The van der Waals surface area contributed by atoms with Crippen LogP contribution in [0.25, 0.3) is 5.69 Å². The second kappa shape index (κ2) is 13.4. The smallest absolute Gasteiger partial charge is 0.341 e. The molecule has 0 radical (unpaired) electrons. The van der Waals surface area contributed by atoms with Crippen molar-refractivity contribution in [1.29, 1.82) is 0 Å². The number of thiophene rings is 1. The number of thioether (sulfide) groups is 1. The van der Waals surface area contributed by atoms with Crippen molar-refractivity contribution >= 4 is 45.9 Å². The summed E-state index contributed by atoms with van der Waals surface area (Å²) in [5.41, 5.74) is 1.90. The molecule has 2 aromatic heterocycles. The topological polar surface area (TPSA) is 124 Å². The number of amides is 2. The van der Waals surface area contributed by atoms with Gasteiger partial charge in [0.05, 0.1) is 42.3 Å². The predicted octanol–water partition coefficient (Wildman–Crippen LogP) is 5.19. The molecule has 0 aliphatic heterocycles. The van der Waals surface area contributed by atoms with Crippen LogP contribution in [0, 0.1) is 5.82 Å². The lowest BCUT2D eigenvalue weighted by Crippen LogP contribution is -2.26. The monoisotopic (exact) mass is 623 g/mol. The van der Waals surface area contributed by atoms with Crippen LogP contribution in [-0.4, -0.2) is 51.5 Å². The van der Waals surface area contributed by atoms with Gasteiger partial charge in [0.1, 0.15) is 16.6 Å². The third kappa shape index (κ3) is 6.42. The van der Waals surface area contributed by atoms with Crippen LogP contribution >= 0.6 is 23.1 Å². The Bertz CT molecular complexity index is 1670. The van der Waals surface area contributed by atoms with Crippen molar-refractivity contribution in [3.8, 4) is 11.4 Å². The third-order valence-electron chi connectivity index (χ3n) is 6.84. The normalized spacial score (nSPS) is 12.8. The van der Waals surface area contributed by atoms with E-state index in [-0.39, 0.29) is 24.6 Å². The number of ether oxygens (including phenoxy) is 2. The molecule has 2 amide bonds. The van der Waals surface area contributed by atoms with Crippen LogP contribution in [0.5, 0.6) is 5.75 Å². The number of hydrogen-bond acceptors (Lipinski definition) is 9. The van der Waals surface area contributed by atoms with Gasteiger partial charge in [-0.25, -0.2) is 9.18 Å². The molecule has 0 saturated heterocycles. The maximum absolute atomic E-state index is 14.2. The fraction of sp³-hybridized carbons (Fsp3) is 0.300. The zero-order valence-electron chi connectivity index (χ0n) is 23.8. The second-order valence-electron chi connectivity index (χ2n) is 9.60. The summed E-state index contributed by atoms with van der Waals surface area (Å²) in [4.78, 5) is 40.0. The maximum Gasteiger partial charge on any atom is 0.341 e. The van der Waals surface area contributed by atoms with E-state index in [1.165, 1.54) is 36.6 Å². The molecule has 1 aliphatic rings. The van der Waals surface area contributed by atoms with Crippen LogP contribution in [0.1, 0.15) is 57.2 Å². The molecule has 5 rings (SSSR count). The van der Waals surface area contributed by atoms with Crippen LogP contribution in [0.4, 0.5) is 9.39 Å². The van der Waals surface area contributed by atoms with Gasteiger partial charge >= 0.3 is 5.97 Å². The van der Waals surface area contributed by atoms with Gasteiger partial charge in [0.25, 0.3) is 5.91 Å². The van der Waals surface area contributed by atoms with E-state index in [2.05, 4.69) is 20.8 Å². The van der Waals surface area contributed by atoms with Crippen LogP contribution in [-0.2, 0) is 28.9 Å². The summed E-state index contributed by atoms with van der Waals surface area (Å²) in [5.74, 6) is -1.12. The largest absolute Gasteiger partial charge is 0.495 e. The van der Waals surface area contributed by atoms with Crippen molar-refractivity contribution in [2.24, 2.45) is 0 Å². The third-order valence-corrected chi connectivity index (χ3v) is 9.09. The molecule has 0 saturated carbocycles. The van der Waals surface area contributed by atoms with E-state index in [4.69, 9.17) is 9.47 Å². The van der Waals surface area contributed by atoms with Gasteiger partial charge in [0.2, 0.25) is 5.91 Å². The lowest BCUT2D eigenvalue weighted by atomic mass is 10.1. The minimum Gasteiger partial charge on any atom is -0.495 e. The Morgan fingerprint density at radius 1 is 1.12 bits per heavy atom. The number of aryl methyl sites for hydroxylation is 1. The Hall–Kier alpha value is -4.23. The number of methoxy groups -OCH3 is 1.